The standard InChI is InChI=1S/C22H21F3N4O3/c1-3-4-10-28-12-29-19(13(2)26-20(29)21(28)30)14-8-9-16(15(23)11-14)31-17-6-5-7-18(27-17)32-22(24)25/h5-9,11,22H,3-4,10,12H2,1-2H3. The van der Waals surface area contributed by atoms with E-state index in [-0.39, 0.29) is 23.4 Å². The van der Waals surface area contributed by atoms with Gasteiger partial charge in [-0.1, -0.05) is 19.4 Å². The van der Waals surface area contributed by atoms with Gasteiger partial charge in [0.05, 0.1) is 18.1 Å². The maximum Gasteiger partial charge on any atom is 0.388 e. The van der Waals surface area contributed by atoms with Crippen molar-refractivity contribution < 1.29 is 27.4 Å². The number of ether oxygens (including phenoxy) is 2. The normalized spacial score (nSPS) is 13.1. The predicted molar refractivity (Wildman–Crippen MR) is 109 cm³/mol. The Balaban J connectivity index is 1.58. The molecule has 3 heterocycles. The lowest BCUT2D eigenvalue weighted by molar-refractivity contribution is -0.0530. The van der Waals surface area contributed by atoms with Gasteiger partial charge in [-0.3, -0.25) is 4.79 Å². The average Bonchev–Trinajstić information content (AvgIpc) is 3.22. The number of carbonyl (C=O) groups excluding carboxylic acids is 1. The van der Waals surface area contributed by atoms with Crippen LogP contribution in [0, 0.1) is 12.7 Å². The highest BCUT2D eigenvalue weighted by molar-refractivity contribution is 5.94. The van der Waals surface area contributed by atoms with E-state index in [1.165, 1.54) is 30.3 Å². The first kappa shape index (κ1) is 21.7. The second-order valence-corrected chi connectivity index (χ2v) is 7.30. The number of rotatable bonds is 8. The number of unbranched alkanes of at least 4 members (excludes halogenated alkanes) is 1. The Labute approximate surface area is 182 Å². The van der Waals surface area contributed by atoms with E-state index in [9.17, 15) is 18.0 Å². The Kier molecular flexibility index (Phi) is 6.02. The highest BCUT2D eigenvalue weighted by Gasteiger charge is 2.32. The van der Waals surface area contributed by atoms with Gasteiger partial charge in [-0.05, 0) is 31.5 Å². The van der Waals surface area contributed by atoms with Gasteiger partial charge in [0.15, 0.2) is 11.6 Å². The van der Waals surface area contributed by atoms with Crippen molar-refractivity contribution in [2.75, 3.05) is 6.54 Å². The minimum Gasteiger partial charge on any atom is -0.436 e. The number of amides is 1. The number of pyridine rings is 1. The number of aryl methyl sites for hydroxylation is 1. The van der Waals surface area contributed by atoms with Crippen molar-refractivity contribution in [1.82, 2.24) is 19.4 Å². The highest BCUT2D eigenvalue weighted by Crippen LogP contribution is 2.33. The molecule has 1 aromatic carbocycles. The quantitative estimate of drug-likeness (QED) is 0.487. The molecule has 0 saturated heterocycles. The van der Waals surface area contributed by atoms with E-state index >= 15 is 0 Å². The molecule has 7 nitrogen and oxygen atoms in total. The summed E-state index contributed by atoms with van der Waals surface area (Å²) in [6.45, 7) is 1.80. The van der Waals surface area contributed by atoms with Crippen molar-refractivity contribution in [2.24, 2.45) is 0 Å². The van der Waals surface area contributed by atoms with Gasteiger partial charge in [-0.25, -0.2) is 9.37 Å². The maximum atomic E-state index is 14.8. The molecule has 0 bridgehead atoms. The molecule has 1 aliphatic rings. The van der Waals surface area contributed by atoms with Gasteiger partial charge in [-0.15, -0.1) is 0 Å². The molecule has 4 rings (SSSR count). The largest absolute Gasteiger partial charge is 0.436 e. The molecular weight excluding hydrogens is 425 g/mol. The number of fused-ring (bicyclic) bond motifs is 1. The summed E-state index contributed by atoms with van der Waals surface area (Å²) in [6, 6.07) is 8.40. The number of hydrogen-bond donors (Lipinski definition) is 0. The van der Waals surface area contributed by atoms with E-state index in [0.717, 1.165) is 12.8 Å². The predicted octanol–water partition coefficient (Wildman–Crippen LogP) is 5.00. The van der Waals surface area contributed by atoms with Crippen LogP contribution in [0.2, 0.25) is 0 Å². The van der Waals surface area contributed by atoms with Crippen LogP contribution < -0.4 is 9.47 Å². The number of aromatic nitrogens is 3. The summed E-state index contributed by atoms with van der Waals surface area (Å²) in [5, 5.41) is 0. The number of imidazole rings is 1. The summed E-state index contributed by atoms with van der Waals surface area (Å²) in [5.74, 6) is -1.02. The number of benzene rings is 1. The molecule has 2 aromatic heterocycles. The lowest BCUT2D eigenvalue weighted by Gasteiger charge is -2.16. The summed E-state index contributed by atoms with van der Waals surface area (Å²) in [4.78, 5) is 22.5. The maximum absolute atomic E-state index is 14.8. The topological polar surface area (TPSA) is 69.5 Å². The van der Waals surface area contributed by atoms with Gasteiger partial charge in [0.2, 0.25) is 17.6 Å². The fraction of sp³-hybridized carbons (Fsp3) is 0.318. The minimum atomic E-state index is -3.03. The van der Waals surface area contributed by atoms with E-state index in [1.807, 2.05) is 0 Å². The average molecular weight is 446 g/mol. The molecule has 0 atom stereocenters. The highest BCUT2D eigenvalue weighted by atomic mass is 19.3. The summed E-state index contributed by atoms with van der Waals surface area (Å²) < 4.78 is 51.0. The summed E-state index contributed by atoms with van der Waals surface area (Å²) in [5.41, 5.74) is 1.82. The zero-order valence-electron chi connectivity index (χ0n) is 17.5. The van der Waals surface area contributed by atoms with Crippen molar-refractivity contribution >= 4 is 5.91 Å². The molecule has 10 heteroatoms. The molecular formula is C22H21F3N4O3. The second kappa shape index (κ2) is 8.89. The van der Waals surface area contributed by atoms with E-state index < -0.39 is 12.4 Å². The number of hydrogen-bond acceptors (Lipinski definition) is 5. The number of alkyl halides is 2. The van der Waals surface area contributed by atoms with Gasteiger partial charge >= 0.3 is 6.61 Å². The Morgan fingerprint density at radius 2 is 1.94 bits per heavy atom. The molecule has 168 valence electrons. The second-order valence-electron chi connectivity index (χ2n) is 7.30. The molecule has 0 fully saturated rings. The molecule has 1 aliphatic heterocycles. The Bertz CT molecular complexity index is 1150. The molecule has 3 aromatic rings. The smallest absolute Gasteiger partial charge is 0.388 e. The molecule has 0 radical (unpaired) electrons. The first-order chi connectivity index (χ1) is 15.4. The lowest BCUT2D eigenvalue weighted by Crippen LogP contribution is -2.26. The van der Waals surface area contributed by atoms with Crippen molar-refractivity contribution in [3.05, 3.63) is 53.7 Å². The number of nitrogens with zero attached hydrogens (tertiary/aromatic N) is 4. The zero-order valence-corrected chi connectivity index (χ0v) is 17.5. The van der Waals surface area contributed by atoms with Gasteiger partial charge < -0.3 is 18.9 Å². The van der Waals surface area contributed by atoms with Gasteiger partial charge in [0.25, 0.3) is 5.91 Å². The van der Waals surface area contributed by atoms with E-state index in [4.69, 9.17) is 4.74 Å². The third-order valence-corrected chi connectivity index (χ3v) is 5.04. The monoisotopic (exact) mass is 446 g/mol. The van der Waals surface area contributed by atoms with Crippen molar-refractivity contribution in [3.8, 4) is 28.8 Å². The van der Waals surface area contributed by atoms with E-state index in [2.05, 4.69) is 21.6 Å². The SMILES string of the molecule is CCCCN1Cn2c(nc(C)c2-c2ccc(Oc3cccc(OC(F)F)n3)c(F)c2)C1=O. The number of halogens is 3. The third-order valence-electron chi connectivity index (χ3n) is 5.04. The lowest BCUT2D eigenvalue weighted by atomic mass is 10.1. The van der Waals surface area contributed by atoms with Crippen molar-refractivity contribution in [2.45, 2.75) is 40.0 Å². The van der Waals surface area contributed by atoms with E-state index in [1.54, 1.807) is 22.5 Å². The number of carbonyl (C=O) groups is 1. The first-order valence-corrected chi connectivity index (χ1v) is 10.1. The van der Waals surface area contributed by atoms with Crippen LogP contribution >= 0.6 is 0 Å². The van der Waals surface area contributed by atoms with Crippen LogP contribution in [0.25, 0.3) is 11.3 Å². The Morgan fingerprint density at radius 3 is 2.66 bits per heavy atom. The van der Waals surface area contributed by atoms with Gasteiger partial charge in [0.1, 0.15) is 0 Å². The Hall–Kier alpha value is -3.56. The first-order valence-electron chi connectivity index (χ1n) is 10.1. The summed E-state index contributed by atoms with van der Waals surface area (Å²) in [7, 11) is 0. The van der Waals surface area contributed by atoms with Crippen LogP contribution in [0.15, 0.2) is 36.4 Å². The molecule has 0 spiro atoms. The van der Waals surface area contributed by atoms with Crippen LogP contribution in [0.1, 0.15) is 36.1 Å². The van der Waals surface area contributed by atoms with Crippen LogP contribution in [0.4, 0.5) is 13.2 Å². The summed E-state index contributed by atoms with van der Waals surface area (Å²) in [6.07, 6.45) is 1.86. The minimum absolute atomic E-state index is 0.0895. The molecule has 0 unspecified atom stereocenters. The van der Waals surface area contributed by atoms with Gasteiger partial charge in [-0.2, -0.15) is 13.8 Å². The van der Waals surface area contributed by atoms with Crippen LogP contribution in [-0.4, -0.2) is 38.5 Å². The molecule has 0 N–H and O–H groups in total. The third kappa shape index (κ3) is 4.25. The van der Waals surface area contributed by atoms with Crippen molar-refractivity contribution in [3.63, 3.8) is 0 Å². The van der Waals surface area contributed by atoms with Crippen LogP contribution in [0.5, 0.6) is 17.5 Å². The molecule has 0 saturated carbocycles. The van der Waals surface area contributed by atoms with Crippen LogP contribution in [-0.2, 0) is 6.67 Å². The molecule has 1 amide bonds. The Morgan fingerprint density at radius 1 is 1.16 bits per heavy atom. The molecule has 32 heavy (non-hydrogen) atoms. The fourth-order valence-corrected chi connectivity index (χ4v) is 3.59. The molecule has 0 aliphatic carbocycles. The zero-order chi connectivity index (χ0) is 22.8. The van der Waals surface area contributed by atoms with Gasteiger partial charge in [0, 0.05) is 24.2 Å². The van der Waals surface area contributed by atoms with E-state index in [0.29, 0.717) is 36.0 Å². The van der Waals surface area contributed by atoms with Crippen LogP contribution in [0.3, 0.4) is 0 Å². The fourth-order valence-electron chi connectivity index (χ4n) is 3.59. The summed E-state index contributed by atoms with van der Waals surface area (Å²) >= 11 is 0. The van der Waals surface area contributed by atoms with Crippen molar-refractivity contribution in [1.29, 1.82) is 0 Å².